The molecule has 0 radical (unpaired) electrons. The summed E-state index contributed by atoms with van der Waals surface area (Å²) in [5, 5.41) is 3.27. The van der Waals surface area contributed by atoms with Gasteiger partial charge in [0.05, 0.1) is 0 Å². The van der Waals surface area contributed by atoms with Crippen molar-refractivity contribution in [2.24, 2.45) is 5.41 Å². The SMILES string of the molecule is C/C=C1/NC/C1=C/CC(C)(C)C. The highest BCUT2D eigenvalue weighted by atomic mass is 15.0. The highest BCUT2D eigenvalue weighted by Gasteiger charge is 2.15. The molecule has 0 aromatic rings. The second kappa shape index (κ2) is 3.34. The molecule has 0 aliphatic carbocycles. The molecular formula is C11H19N. The Kier molecular flexibility index (Phi) is 2.61. The Morgan fingerprint density at radius 1 is 1.42 bits per heavy atom. The van der Waals surface area contributed by atoms with Gasteiger partial charge in [0.15, 0.2) is 0 Å². The third-order valence-electron chi connectivity index (χ3n) is 2.06. The van der Waals surface area contributed by atoms with Gasteiger partial charge in [-0.2, -0.15) is 0 Å². The Balaban J connectivity index is 2.49. The van der Waals surface area contributed by atoms with Gasteiger partial charge in [-0.05, 0) is 24.3 Å². The predicted molar refractivity (Wildman–Crippen MR) is 53.9 cm³/mol. The summed E-state index contributed by atoms with van der Waals surface area (Å²) in [7, 11) is 0. The summed E-state index contributed by atoms with van der Waals surface area (Å²) in [5.74, 6) is 0. The van der Waals surface area contributed by atoms with Crippen molar-refractivity contribution in [3.05, 3.63) is 23.4 Å². The number of nitrogens with one attached hydrogen (secondary N) is 1. The molecule has 1 heteroatoms. The Morgan fingerprint density at radius 2 is 2.08 bits per heavy atom. The topological polar surface area (TPSA) is 12.0 Å². The zero-order chi connectivity index (χ0) is 9.19. The van der Waals surface area contributed by atoms with E-state index in [1.807, 2.05) is 0 Å². The molecule has 1 nitrogen and oxygen atoms in total. The molecule has 0 spiro atoms. The zero-order valence-electron chi connectivity index (χ0n) is 8.57. The average Bonchev–Trinajstić information content (AvgIpc) is 1.83. The van der Waals surface area contributed by atoms with Gasteiger partial charge < -0.3 is 5.32 Å². The molecule has 0 unspecified atom stereocenters. The van der Waals surface area contributed by atoms with Gasteiger partial charge >= 0.3 is 0 Å². The molecule has 0 bridgehead atoms. The molecule has 12 heavy (non-hydrogen) atoms. The Morgan fingerprint density at radius 3 is 2.42 bits per heavy atom. The maximum Gasteiger partial charge on any atom is 0.0417 e. The lowest BCUT2D eigenvalue weighted by Gasteiger charge is -2.26. The second-order valence-corrected chi connectivity index (χ2v) is 4.55. The third kappa shape index (κ3) is 2.40. The van der Waals surface area contributed by atoms with Gasteiger partial charge in [0.25, 0.3) is 0 Å². The van der Waals surface area contributed by atoms with E-state index in [-0.39, 0.29) is 0 Å². The van der Waals surface area contributed by atoms with Crippen LogP contribution in [0.15, 0.2) is 23.4 Å². The summed E-state index contributed by atoms with van der Waals surface area (Å²) < 4.78 is 0. The van der Waals surface area contributed by atoms with E-state index in [0.29, 0.717) is 5.41 Å². The molecule has 1 N–H and O–H groups in total. The first kappa shape index (κ1) is 9.37. The number of hydrogen-bond donors (Lipinski definition) is 1. The van der Waals surface area contributed by atoms with Crippen LogP contribution in [0, 0.1) is 5.41 Å². The molecule has 0 aromatic heterocycles. The number of rotatable bonds is 1. The van der Waals surface area contributed by atoms with Crippen LogP contribution < -0.4 is 5.32 Å². The largest absolute Gasteiger partial charge is 0.381 e. The van der Waals surface area contributed by atoms with Gasteiger partial charge in [-0.1, -0.05) is 32.9 Å². The normalized spacial score (nSPS) is 24.0. The van der Waals surface area contributed by atoms with E-state index in [2.05, 4.69) is 45.2 Å². The van der Waals surface area contributed by atoms with E-state index < -0.39 is 0 Å². The van der Waals surface area contributed by atoms with E-state index in [0.717, 1.165) is 6.54 Å². The molecule has 68 valence electrons. The van der Waals surface area contributed by atoms with Gasteiger partial charge in [-0.3, -0.25) is 0 Å². The number of hydrogen-bond acceptors (Lipinski definition) is 1. The molecule has 1 fully saturated rings. The lowest BCUT2D eigenvalue weighted by molar-refractivity contribution is 0.418. The van der Waals surface area contributed by atoms with Crippen LogP contribution in [0.4, 0.5) is 0 Å². The van der Waals surface area contributed by atoms with Crippen molar-refractivity contribution in [3.63, 3.8) is 0 Å². The van der Waals surface area contributed by atoms with Crippen molar-refractivity contribution in [1.82, 2.24) is 5.32 Å². The minimum absolute atomic E-state index is 0.418. The average molecular weight is 165 g/mol. The van der Waals surface area contributed by atoms with Crippen LogP contribution in [0.3, 0.4) is 0 Å². The van der Waals surface area contributed by atoms with E-state index in [4.69, 9.17) is 0 Å². The van der Waals surface area contributed by atoms with Gasteiger partial charge in [0.1, 0.15) is 0 Å². The molecule has 1 saturated heterocycles. The van der Waals surface area contributed by atoms with Crippen molar-refractivity contribution in [1.29, 1.82) is 0 Å². The first-order valence-corrected chi connectivity index (χ1v) is 4.62. The molecule has 1 heterocycles. The minimum Gasteiger partial charge on any atom is -0.381 e. The van der Waals surface area contributed by atoms with Gasteiger partial charge in [0.2, 0.25) is 0 Å². The molecule has 0 saturated carbocycles. The smallest absolute Gasteiger partial charge is 0.0417 e. The summed E-state index contributed by atoms with van der Waals surface area (Å²) in [6.45, 7) is 9.94. The fourth-order valence-corrected chi connectivity index (χ4v) is 1.19. The molecule has 1 aliphatic rings. The quantitative estimate of drug-likeness (QED) is 0.630. The summed E-state index contributed by atoms with van der Waals surface area (Å²) in [6, 6.07) is 0. The molecule has 1 aliphatic heterocycles. The van der Waals surface area contributed by atoms with Crippen molar-refractivity contribution in [3.8, 4) is 0 Å². The van der Waals surface area contributed by atoms with Gasteiger partial charge in [-0.15, -0.1) is 0 Å². The molecule has 0 atom stereocenters. The van der Waals surface area contributed by atoms with Crippen LogP contribution in [-0.2, 0) is 0 Å². The monoisotopic (exact) mass is 165 g/mol. The summed E-state index contributed by atoms with van der Waals surface area (Å²) in [6.07, 6.45) is 5.66. The third-order valence-corrected chi connectivity index (χ3v) is 2.06. The van der Waals surface area contributed by atoms with Gasteiger partial charge in [-0.25, -0.2) is 0 Å². The van der Waals surface area contributed by atoms with Crippen LogP contribution in [0.5, 0.6) is 0 Å². The summed E-state index contributed by atoms with van der Waals surface area (Å²) in [4.78, 5) is 0. The van der Waals surface area contributed by atoms with E-state index >= 15 is 0 Å². The van der Waals surface area contributed by atoms with E-state index in [1.54, 1.807) is 0 Å². The second-order valence-electron chi connectivity index (χ2n) is 4.55. The highest BCUT2D eigenvalue weighted by molar-refractivity contribution is 5.38. The van der Waals surface area contributed by atoms with Gasteiger partial charge in [0, 0.05) is 12.2 Å². The first-order chi connectivity index (χ1) is 5.53. The molecule has 0 aromatic carbocycles. The highest BCUT2D eigenvalue weighted by Crippen LogP contribution is 2.23. The summed E-state index contributed by atoms with van der Waals surface area (Å²) >= 11 is 0. The van der Waals surface area contributed by atoms with Crippen molar-refractivity contribution in [2.75, 3.05) is 6.54 Å². The zero-order valence-corrected chi connectivity index (χ0v) is 8.57. The van der Waals surface area contributed by atoms with Crippen LogP contribution in [0.25, 0.3) is 0 Å². The van der Waals surface area contributed by atoms with Crippen LogP contribution >= 0.6 is 0 Å². The standard InChI is InChI=1S/C11H19N/c1-5-10-9(8-12-10)6-7-11(2,3)4/h5-6,12H,7-8H2,1-4H3/b9-6-,10-5+. The predicted octanol–water partition coefficient (Wildman–Crippen LogP) is 2.86. The van der Waals surface area contributed by atoms with Crippen LogP contribution in [-0.4, -0.2) is 6.54 Å². The maximum atomic E-state index is 3.27. The Bertz CT molecular complexity index is 216. The van der Waals surface area contributed by atoms with Crippen LogP contribution in [0.2, 0.25) is 0 Å². The fraction of sp³-hybridized carbons (Fsp3) is 0.636. The van der Waals surface area contributed by atoms with Crippen molar-refractivity contribution < 1.29 is 0 Å². The Labute approximate surface area is 75.6 Å². The lowest BCUT2D eigenvalue weighted by atomic mass is 9.90. The fourth-order valence-electron chi connectivity index (χ4n) is 1.19. The summed E-state index contributed by atoms with van der Waals surface area (Å²) in [5.41, 5.74) is 3.22. The van der Waals surface area contributed by atoms with Crippen LogP contribution in [0.1, 0.15) is 34.1 Å². The first-order valence-electron chi connectivity index (χ1n) is 4.62. The number of allylic oxidation sites excluding steroid dienone is 2. The molecule has 1 rings (SSSR count). The van der Waals surface area contributed by atoms with Crippen molar-refractivity contribution >= 4 is 0 Å². The molecule has 0 amide bonds. The van der Waals surface area contributed by atoms with E-state index in [1.165, 1.54) is 17.7 Å². The lowest BCUT2D eigenvalue weighted by Crippen LogP contribution is -2.31. The minimum atomic E-state index is 0.418. The maximum absolute atomic E-state index is 3.27. The molecular weight excluding hydrogens is 146 g/mol. The van der Waals surface area contributed by atoms with Crippen molar-refractivity contribution in [2.45, 2.75) is 34.1 Å². The Hall–Kier alpha value is -0.720. The van der Waals surface area contributed by atoms with E-state index in [9.17, 15) is 0 Å².